The molecule has 5 rings (SSSR count). The SMILES string of the molecule is CN=C(NC(=O)c1ccc2nc(CN3CCC(c4cccc(OCc5ccc(Cl)cc5F)n4)CC3)[nH]c2c1)/C(=C\C=C\N)NC=O. The zero-order valence-electron chi connectivity index (χ0n) is 25.2. The molecule has 13 heteroatoms. The van der Waals surface area contributed by atoms with Gasteiger partial charge in [0.2, 0.25) is 12.3 Å². The first-order chi connectivity index (χ1) is 22.4. The van der Waals surface area contributed by atoms with E-state index in [1.54, 1.807) is 36.4 Å². The van der Waals surface area contributed by atoms with Crippen molar-refractivity contribution in [3.8, 4) is 5.88 Å². The minimum Gasteiger partial charge on any atom is -0.473 e. The Morgan fingerprint density at radius 1 is 1.20 bits per heavy atom. The van der Waals surface area contributed by atoms with Crippen LogP contribution < -0.4 is 21.1 Å². The third-order valence-corrected chi connectivity index (χ3v) is 7.84. The van der Waals surface area contributed by atoms with Crippen LogP contribution in [-0.2, 0) is 17.9 Å². The number of pyridine rings is 1. The number of imidazole rings is 1. The molecule has 0 radical (unpaired) electrons. The van der Waals surface area contributed by atoms with Gasteiger partial charge in [0, 0.05) is 40.9 Å². The molecule has 0 bridgehead atoms. The monoisotopic (exact) mass is 644 g/mol. The summed E-state index contributed by atoms with van der Waals surface area (Å²) in [5.41, 5.74) is 8.95. The van der Waals surface area contributed by atoms with Gasteiger partial charge < -0.3 is 26.1 Å². The molecule has 5 N–H and O–H groups in total. The molecule has 1 fully saturated rings. The number of aromatic amines is 1. The van der Waals surface area contributed by atoms with E-state index in [2.05, 4.69) is 25.5 Å². The van der Waals surface area contributed by atoms with Gasteiger partial charge in [0.15, 0.2) is 5.84 Å². The van der Waals surface area contributed by atoms with Gasteiger partial charge in [0.25, 0.3) is 5.91 Å². The van der Waals surface area contributed by atoms with Gasteiger partial charge in [-0.15, -0.1) is 0 Å². The van der Waals surface area contributed by atoms with E-state index in [-0.39, 0.29) is 18.4 Å². The van der Waals surface area contributed by atoms with Gasteiger partial charge in [0.1, 0.15) is 18.2 Å². The Bertz CT molecular complexity index is 1800. The standard InChI is InChI=1S/C33H34ClFN8O3/c1-37-32(28(38-20-44)5-3-13-36)42-33(45)22-8-10-27-29(16-22)40-30(39-27)18-43-14-11-21(12-15-43)26-4-2-6-31(41-26)46-19-23-7-9-24(34)17-25(23)35/h2-10,13,16-17,20-21H,11-12,14-15,18-19,36H2,1H3,(H,38,44)(H,39,40)(H,37,42,45)/b13-3+,28-5+. The van der Waals surface area contributed by atoms with E-state index in [4.69, 9.17) is 32.0 Å². The topological polar surface area (TPSA) is 151 Å². The Kier molecular flexibility index (Phi) is 10.7. The smallest absolute Gasteiger partial charge is 0.256 e. The van der Waals surface area contributed by atoms with E-state index < -0.39 is 11.7 Å². The lowest BCUT2D eigenvalue weighted by molar-refractivity contribution is -0.108. The molecule has 0 spiro atoms. The summed E-state index contributed by atoms with van der Waals surface area (Å²) >= 11 is 5.84. The molecule has 2 aromatic heterocycles. The summed E-state index contributed by atoms with van der Waals surface area (Å²) in [4.78, 5) is 43.2. The highest BCUT2D eigenvalue weighted by Crippen LogP contribution is 2.29. The molecule has 4 aromatic rings. The van der Waals surface area contributed by atoms with Crippen LogP contribution in [0.5, 0.6) is 5.88 Å². The maximum absolute atomic E-state index is 14.1. The highest BCUT2D eigenvalue weighted by molar-refractivity contribution is 6.30. The van der Waals surface area contributed by atoms with Gasteiger partial charge >= 0.3 is 0 Å². The minimum atomic E-state index is -0.407. The first-order valence-electron chi connectivity index (χ1n) is 14.7. The number of benzene rings is 2. The highest BCUT2D eigenvalue weighted by atomic mass is 35.5. The molecule has 1 aliphatic rings. The van der Waals surface area contributed by atoms with Gasteiger partial charge in [-0.2, -0.15) is 0 Å². The van der Waals surface area contributed by atoms with Gasteiger partial charge in [-0.25, -0.2) is 14.4 Å². The second-order valence-corrected chi connectivity index (χ2v) is 11.1. The van der Waals surface area contributed by atoms with Crippen molar-refractivity contribution in [2.24, 2.45) is 10.7 Å². The van der Waals surface area contributed by atoms with Crippen LogP contribution in [0.2, 0.25) is 5.02 Å². The fraction of sp³-hybridized carbons (Fsp3) is 0.242. The number of carbonyl (C=O) groups excluding carboxylic acids is 2. The van der Waals surface area contributed by atoms with Gasteiger partial charge in [-0.05, 0) is 80.7 Å². The molecule has 0 atom stereocenters. The van der Waals surface area contributed by atoms with E-state index in [0.29, 0.717) is 40.7 Å². The Labute approximate surface area is 270 Å². The zero-order valence-corrected chi connectivity index (χ0v) is 25.9. The highest BCUT2D eigenvalue weighted by Gasteiger charge is 2.23. The Balaban J connectivity index is 1.16. The maximum Gasteiger partial charge on any atom is 0.256 e. The number of nitrogens with two attached hydrogens (primary N) is 1. The maximum atomic E-state index is 14.1. The fourth-order valence-electron chi connectivity index (χ4n) is 5.24. The lowest BCUT2D eigenvalue weighted by Crippen LogP contribution is -2.36. The van der Waals surface area contributed by atoms with Crippen molar-refractivity contribution in [1.82, 2.24) is 30.5 Å². The molecule has 0 unspecified atom stereocenters. The number of likely N-dealkylation sites (tertiary alicyclic amines) is 1. The van der Waals surface area contributed by atoms with Crippen molar-refractivity contribution in [3.05, 3.63) is 112 Å². The van der Waals surface area contributed by atoms with Crippen LogP contribution in [0.4, 0.5) is 4.39 Å². The molecule has 1 saturated heterocycles. The molecule has 3 heterocycles. The number of nitrogens with one attached hydrogen (secondary N) is 3. The Morgan fingerprint density at radius 2 is 2.02 bits per heavy atom. The average Bonchev–Trinajstić information content (AvgIpc) is 3.47. The largest absolute Gasteiger partial charge is 0.473 e. The molecular weight excluding hydrogens is 611 g/mol. The quantitative estimate of drug-likeness (QED) is 0.0808. The molecule has 238 valence electrons. The number of hydrogen-bond acceptors (Lipinski definition) is 8. The third kappa shape index (κ3) is 8.14. The van der Waals surface area contributed by atoms with Crippen LogP contribution >= 0.6 is 11.6 Å². The van der Waals surface area contributed by atoms with E-state index in [9.17, 15) is 14.0 Å². The molecule has 0 saturated carbocycles. The van der Waals surface area contributed by atoms with Crippen LogP contribution in [-0.4, -0.2) is 58.1 Å². The third-order valence-electron chi connectivity index (χ3n) is 7.61. The van der Waals surface area contributed by atoms with E-state index in [1.807, 2.05) is 12.1 Å². The number of rotatable bonds is 11. The van der Waals surface area contributed by atoms with Crippen molar-refractivity contribution < 1.29 is 18.7 Å². The second-order valence-electron chi connectivity index (χ2n) is 10.6. The van der Waals surface area contributed by atoms with Crippen LogP contribution in [0.15, 0.2) is 83.6 Å². The number of nitrogens with zero attached hydrogens (tertiary/aromatic N) is 4. The summed E-state index contributed by atoms with van der Waals surface area (Å²) in [5, 5.41) is 5.58. The number of ether oxygens (including phenoxy) is 1. The molecule has 0 aliphatic carbocycles. The lowest BCUT2D eigenvalue weighted by Gasteiger charge is -2.31. The zero-order chi connectivity index (χ0) is 32.5. The number of fused-ring (bicyclic) bond motifs is 1. The predicted molar refractivity (Wildman–Crippen MR) is 175 cm³/mol. The van der Waals surface area contributed by atoms with Crippen LogP contribution in [0, 0.1) is 5.82 Å². The number of hydrogen-bond donors (Lipinski definition) is 4. The Hall–Kier alpha value is -5.07. The van der Waals surface area contributed by atoms with Gasteiger partial charge in [0.05, 0.1) is 23.3 Å². The molecule has 2 amide bonds. The lowest BCUT2D eigenvalue weighted by atomic mass is 9.93. The van der Waals surface area contributed by atoms with Crippen molar-refractivity contribution in [3.63, 3.8) is 0 Å². The molecular formula is C33H34ClFN8O3. The number of amides is 2. The van der Waals surface area contributed by atoms with E-state index in [0.717, 1.165) is 48.5 Å². The fourth-order valence-corrected chi connectivity index (χ4v) is 5.40. The molecule has 46 heavy (non-hydrogen) atoms. The summed E-state index contributed by atoms with van der Waals surface area (Å²) in [6, 6.07) is 15.4. The second kappa shape index (κ2) is 15.3. The summed E-state index contributed by atoms with van der Waals surface area (Å²) < 4.78 is 19.9. The number of piperidine rings is 1. The molecule has 11 nitrogen and oxygen atoms in total. The Morgan fingerprint density at radius 3 is 2.76 bits per heavy atom. The molecule has 2 aromatic carbocycles. The van der Waals surface area contributed by atoms with Gasteiger partial charge in [-0.3, -0.25) is 19.5 Å². The van der Waals surface area contributed by atoms with Crippen LogP contribution in [0.1, 0.15) is 46.2 Å². The van der Waals surface area contributed by atoms with E-state index in [1.165, 1.54) is 31.5 Å². The number of allylic oxidation sites excluding steroid dienone is 2. The summed E-state index contributed by atoms with van der Waals surface area (Å²) in [5.74, 6) is 0.933. The first-order valence-corrected chi connectivity index (χ1v) is 15.1. The van der Waals surface area contributed by atoms with Crippen molar-refractivity contribution in [2.75, 3.05) is 20.1 Å². The van der Waals surface area contributed by atoms with Crippen LogP contribution in [0.25, 0.3) is 11.0 Å². The van der Waals surface area contributed by atoms with Crippen molar-refractivity contribution >= 4 is 40.8 Å². The number of carbonyl (C=O) groups is 2. The predicted octanol–water partition coefficient (Wildman–Crippen LogP) is 4.57. The first kappa shape index (κ1) is 32.3. The summed E-state index contributed by atoms with van der Waals surface area (Å²) in [6.07, 6.45) is 6.68. The normalized spacial score (nSPS) is 14.9. The van der Waals surface area contributed by atoms with Crippen LogP contribution in [0.3, 0.4) is 0 Å². The summed E-state index contributed by atoms with van der Waals surface area (Å²) in [7, 11) is 1.50. The number of H-pyrrole nitrogens is 1. The number of aliphatic imine (C=N–C) groups is 1. The number of halogens is 2. The minimum absolute atomic E-state index is 0.0693. The van der Waals surface area contributed by atoms with Crippen molar-refractivity contribution in [2.45, 2.75) is 31.9 Å². The number of aromatic nitrogens is 3. The average molecular weight is 645 g/mol. The van der Waals surface area contributed by atoms with Crippen molar-refractivity contribution in [1.29, 1.82) is 0 Å². The molecule has 1 aliphatic heterocycles. The van der Waals surface area contributed by atoms with E-state index >= 15 is 0 Å². The van der Waals surface area contributed by atoms with Gasteiger partial charge in [-0.1, -0.05) is 23.7 Å². The number of amidine groups is 1. The summed E-state index contributed by atoms with van der Waals surface area (Å²) in [6.45, 7) is 2.43.